The normalized spacial score (nSPS) is 15.6. The monoisotopic (exact) mass is 397 g/mol. The molecule has 0 saturated carbocycles. The van der Waals surface area contributed by atoms with E-state index in [4.69, 9.17) is 11.6 Å². The van der Waals surface area contributed by atoms with Gasteiger partial charge in [0.25, 0.3) is 0 Å². The van der Waals surface area contributed by atoms with Crippen LogP contribution >= 0.6 is 23.4 Å². The Labute approximate surface area is 165 Å². The van der Waals surface area contributed by atoms with E-state index in [-0.39, 0.29) is 10.8 Å². The lowest BCUT2D eigenvalue weighted by atomic mass is 10.0. The van der Waals surface area contributed by atoms with Gasteiger partial charge in [0, 0.05) is 39.0 Å². The summed E-state index contributed by atoms with van der Waals surface area (Å²) in [5.41, 5.74) is 2.59. The van der Waals surface area contributed by atoms with Crippen LogP contribution in [0.4, 0.5) is 0 Å². The van der Waals surface area contributed by atoms with Gasteiger partial charge in [0.15, 0.2) is 5.43 Å². The van der Waals surface area contributed by atoms with Crippen LogP contribution in [0.3, 0.4) is 0 Å². The maximum Gasteiger partial charge on any atom is 0.341 e. The number of para-hydroxylation sites is 1. The Morgan fingerprint density at radius 1 is 1.19 bits per heavy atom. The van der Waals surface area contributed by atoms with E-state index < -0.39 is 11.4 Å². The zero-order valence-corrected chi connectivity index (χ0v) is 16.1. The van der Waals surface area contributed by atoms with E-state index in [2.05, 4.69) is 0 Å². The van der Waals surface area contributed by atoms with Crippen molar-refractivity contribution in [2.75, 3.05) is 0 Å². The smallest absolute Gasteiger partial charge is 0.341 e. The van der Waals surface area contributed by atoms with Gasteiger partial charge in [0.1, 0.15) is 5.56 Å². The molecular weight excluding hydrogens is 382 g/mol. The minimum Gasteiger partial charge on any atom is -0.477 e. The molecule has 4 rings (SSSR count). The standard InChI is InChI=1S/C21H16ClNO3S/c1-12-10-17(24)20(21(25)26)16-11-19(13-6-8-14(22)9-7-13)27-18-5-3-2-4-15(18)23(12)16/h2-10,19H,11H2,1H3,(H,25,26). The molecule has 0 spiro atoms. The van der Waals surface area contributed by atoms with E-state index in [0.717, 1.165) is 21.8 Å². The SMILES string of the molecule is Cc1cc(=O)c(C(=O)O)c2n1-c1ccccc1SC(c1ccc(Cl)cc1)C2. The Balaban J connectivity index is 2.01. The molecule has 0 aliphatic carbocycles. The third kappa shape index (κ3) is 3.17. The summed E-state index contributed by atoms with van der Waals surface area (Å²) in [4.78, 5) is 25.4. The second kappa shape index (κ2) is 6.91. The molecule has 0 radical (unpaired) electrons. The van der Waals surface area contributed by atoms with E-state index in [1.165, 1.54) is 6.07 Å². The summed E-state index contributed by atoms with van der Waals surface area (Å²) in [6, 6.07) is 16.8. The van der Waals surface area contributed by atoms with E-state index in [0.29, 0.717) is 17.1 Å². The Morgan fingerprint density at radius 3 is 2.59 bits per heavy atom. The number of pyridine rings is 1. The second-order valence-corrected chi connectivity index (χ2v) is 8.12. The number of carboxylic acid groups (broad SMARTS) is 1. The number of nitrogens with zero attached hydrogens (tertiary/aromatic N) is 1. The van der Waals surface area contributed by atoms with Gasteiger partial charge in [-0.2, -0.15) is 0 Å². The van der Waals surface area contributed by atoms with Crippen LogP contribution in [0.15, 0.2) is 64.3 Å². The fraction of sp³-hybridized carbons (Fsp3) is 0.143. The average molecular weight is 398 g/mol. The number of rotatable bonds is 2. The number of hydrogen-bond acceptors (Lipinski definition) is 3. The van der Waals surface area contributed by atoms with Crippen molar-refractivity contribution in [2.45, 2.75) is 23.5 Å². The third-order valence-electron chi connectivity index (χ3n) is 4.71. The topological polar surface area (TPSA) is 59.3 Å². The van der Waals surface area contributed by atoms with Gasteiger partial charge < -0.3 is 9.67 Å². The molecular formula is C21H16ClNO3S. The summed E-state index contributed by atoms with van der Waals surface area (Å²) < 4.78 is 1.91. The third-order valence-corrected chi connectivity index (χ3v) is 6.28. The summed E-state index contributed by atoms with van der Waals surface area (Å²) in [6.45, 7) is 1.83. The zero-order chi connectivity index (χ0) is 19.1. The predicted molar refractivity (Wildman–Crippen MR) is 107 cm³/mol. The largest absolute Gasteiger partial charge is 0.477 e. The van der Waals surface area contributed by atoms with Crippen molar-refractivity contribution in [1.29, 1.82) is 0 Å². The molecule has 3 aromatic rings. The first-order valence-corrected chi connectivity index (χ1v) is 9.72. The number of carboxylic acids is 1. The van der Waals surface area contributed by atoms with Gasteiger partial charge in [-0.05, 0) is 36.8 Å². The van der Waals surface area contributed by atoms with Crippen molar-refractivity contribution in [3.63, 3.8) is 0 Å². The van der Waals surface area contributed by atoms with Crippen molar-refractivity contribution >= 4 is 29.3 Å². The van der Waals surface area contributed by atoms with E-state index in [1.54, 1.807) is 11.8 Å². The number of hydrogen-bond donors (Lipinski definition) is 1. The second-order valence-electron chi connectivity index (χ2n) is 6.44. The molecule has 0 bridgehead atoms. The van der Waals surface area contributed by atoms with Crippen LogP contribution in [0, 0.1) is 6.92 Å². The predicted octanol–water partition coefficient (Wildman–Crippen LogP) is 4.89. The number of aryl methyl sites for hydroxylation is 1. The number of halogens is 1. The van der Waals surface area contributed by atoms with Gasteiger partial charge in [0.2, 0.25) is 0 Å². The molecule has 1 aliphatic rings. The fourth-order valence-corrected chi connectivity index (χ4v) is 4.93. The van der Waals surface area contributed by atoms with Gasteiger partial charge in [-0.3, -0.25) is 4.79 Å². The molecule has 1 aliphatic heterocycles. The molecule has 1 atom stereocenters. The minimum absolute atomic E-state index is 0.0310. The number of aromatic nitrogens is 1. The molecule has 0 amide bonds. The van der Waals surface area contributed by atoms with Crippen LogP contribution in [-0.4, -0.2) is 15.6 Å². The summed E-state index contributed by atoms with van der Waals surface area (Å²) in [5.74, 6) is -1.19. The van der Waals surface area contributed by atoms with Gasteiger partial charge in [-0.25, -0.2) is 4.79 Å². The Hall–Kier alpha value is -2.50. The molecule has 2 aromatic carbocycles. The van der Waals surface area contributed by atoms with E-state index >= 15 is 0 Å². The lowest BCUT2D eigenvalue weighted by Crippen LogP contribution is -2.24. The summed E-state index contributed by atoms with van der Waals surface area (Å²) in [5, 5.41) is 10.3. The molecule has 1 unspecified atom stereocenters. The quantitative estimate of drug-likeness (QED) is 0.669. The van der Waals surface area contributed by atoms with Gasteiger partial charge in [-0.15, -0.1) is 11.8 Å². The Morgan fingerprint density at radius 2 is 1.89 bits per heavy atom. The molecule has 1 N–H and O–H groups in total. The maximum atomic E-state index is 12.4. The van der Waals surface area contributed by atoms with Crippen molar-refractivity contribution in [1.82, 2.24) is 4.57 Å². The maximum absolute atomic E-state index is 12.4. The van der Waals surface area contributed by atoms with Crippen LogP contribution in [0.2, 0.25) is 5.02 Å². The van der Waals surface area contributed by atoms with Gasteiger partial charge in [0.05, 0.1) is 5.69 Å². The van der Waals surface area contributed by atoms with Gasteiger partial charge >= 0.3 is 5.97 Å². The van der Waals surface area contributed by atoms with Crippen molar-refractivity contribution in [3.05, 3.63) is 92.4 Å². The van der Waals surface area contributed by atoms with Crippen LogP contribution in [0.25, 0.3) is 5.69 Å². The first-order chi connectivity index (χ1) is 13.0. The molecule has 27 heavy (non-hydrogen) atoms. The highest BCUT2D eigenvalue weighted by Gasteiger charge is 2.28. The minimum atomic E-state index is -1.19. The van der Waals surface area contributed by atoms with Crippen molar-refractivity contribution in [2.24, 2.45) is 0 Å². The zero-order valence-electron chi connectivity index (χ0n) is 14.5. The summed E-state index contributed by atoms with van der Waals surface area (Å²) >= 11 is 7.69. The molecule has 136 valence electrons. The number of benzene rings is 2. The first kappa shape index (κ1) is 17.9. The number of fused-ring (bicyclic) bond motifs is 3. The lowest BCUT2D eigenvalue weighted by Gasteiger charge is -2.18. The lowest BCUT2D eigenvalue weighted by molar-refractivity contribution is 0.0693. The highest BCUT2D eigenvalue weighted by atomic mass is 35.5. The van der Waals surface area contributed by atoms with E-state index in [1.807, 2.05) is 60.0 Å². The molecule has 6 heteroatoms. The first-order valence-electron chi connectivity index (χ1n) is 8.46. The van der Waals surface area contributed by atoms with Crippen LogP contribution < -0.4 is 5.43 Å². The highest BCUT2D eigenvalue weighted by molar-refractivity contribution is 7.99. The Kier molecular flexibility index (Phi) is 4.58. The van der Waals surface area contributed by atoms with Crippen LogP contribution in [-0.2, 0) is 6.42 Å². The molecule has 0 saturated heterocycles. The van der Waals surface area contributed by atoms with Crippen molar-refractivity contribution < 1.29 is 9.90 Å². The number of aromatic carboxylic acids is 1. The molecule has 1 aromatic heterocycles. The van der Waals surface area contributed by atoms with Crippen LogP contribution in [0.1, 0.15) is 32.6 Å². The fourth-order valence-electron chi connectivity index (χ4n) is 3.53. The number of thioether (sulfide) groups is 1. The molecule has 2 heterocycles. The Bertz CT molecular complexity index is 1110. The average Bonchev–Trinajstić information content (AvgIpc) is 2.79. The highest BCUT2D eigenvalue weighted by Crippen LogP contribution is 2.44. The summed E-state index contributed by atoms with van der Waals surface area (Å²) in [7, 11) is 0. The molecule has 4 nitrogen and oxygen atoms in total. The van der Waals surface area contributed by atoms with Crippen molar-refractivity contribution in [3.8, 4) is 5.69 Å². The molecule has 0 fully saturated rings. The van der Waals surface area contributed by atoms with Gasteiger partial charge in [-0.1, -0.05) is 35.9 Å². The number of carbonyl (C=O) groups is 1. The summed E-state index contributed by atoms with van der Waals surface area (Å²) in [6.07, 6.45) is 0.430. The van der Waals surface area contributed by atoms with Crippen LogP contribution in [0.5, 0.6) is 0 Å². The van der Waals surface area contributed by atoms with E-state index in [9.17, 15) is 14.7 Å².